The number of hydrazone groups is 1. The molecule has 2 aromatic carbocycles. The lowest BCUT2D eigenvalue weighted by Crippen LogP contribution is -2.26. The number of phenolic OH excluding ortho intramolecular Hbond substituents is 1. The zero-order valence-corrected chi connectivity index (χ0v) is 12.4. The first-order valence-corrected chi connectivity index (χ1v) is 7.37. The highest BCUT2D eigenvalue weighted by molar-refractivity contribution is 8.00. The molecule has 0 saturated carbocycles. The number of thioether (sulfide) groups is 1. The van der Waals surface area contributed by atoms with Crippen molar-refractivity contribution in [3.63, 3.8) is 0 Å². The Morgan fingerprint density at radius 3 is 2.71 bits per heavy atom. The number of hydrogen-bond acceptors (Lipinski definition) is 4. The fourth-order valence-corrected chi connectivity index (χ4v) is 2.51. The Hall–Kier alpha value is -2.27. The average molecular weight is 300 g/mol. The second-order valence-electron chi connectivity index (χ2n) is 4.40. The minimum atomic E-state index is -0.242. The first-order valence-electron chi connectivity index (χ1n) is 6.49. The Balaban J connectivity index is 1.86. The Kier molecular flexibility index (Phi) is 5.40. The van der Waals surface area contributed by atoms with Crippen molar-refractivity contribution in [2.24, 2.45) is 5.10 Å². The van der Waals surface area contributed by atoms with Crippen LogP contribution in [0.4, 0.5) is 0 Å². The molecule has 1 atom stereocenters. The van der Waals surface area contributed by atoms with Crippen LogP contribution in [0.15, 0.2) is 64.6 Å². The van der Waals surface area contributed by atoms with Crippen molar-refractivity contribution in [3.8, 4) is 5.75 Å². The van der Waals surface area contributed by atoms with Crippen LogP contribution in [0.25, 0.3) is 0 Å². The van der Waals surface area contributed by atoms with Gasteiger partial charge in [-0.25, -0.2) is 5.43 Å². The minimum Gasteiger partial charge on any atom is -0.508 e. The number of carbonyl (C=O) groups excluding carboxylic acids is 1. The Labute approximate surface area is 127 Å². The third-order valence-corrected chi connectivity index (χ3v) is 3.80. The third kappa shape index (κ3) is 4.96. The van der Waals surface area contributed by atoms with Crippen molar-refractivity contribution in [1.82, 2.24) is 5.43 Å². The molecule has 21 heavy (non-hydrogen) atoms. The van der Waals surface area contributed by atoms with E-state index in [-0.39, 0.29) is 16.9 Å². The van der Waals surface area contributed by atoms with Crippen molar-refractivity contribution < 1.29 is 9.90 Å². The van der Waals surface area contributed by atoms with Gasteiger partial charge in [0.1, 0.15) is 5.75 Å². The van der Waals surface area contributed by atoms with Crippen LogP contribution in [0.5, 0.6) is 5.75 Å². The van der Waals surface area contributed by atoms with E-state index in [1.807, 2.05) is 37.3 Å². The molecule has 2 aromatic rings. The summed E-state index contributed by atoms with van der Waals surface area (Å²) in [4.78, 5) is 12.9. The molecule has 5 heteroatoms. The lowest BCUT2D eigenvalue weighted by molar-refractivity contribution is -0.120. The second-order valence-corrected chi connectivity index (χ2v) is 5.82. The number of benzene rings is 2. The van der Waals surface area contributed by atoms with Gasteiger partial charge >= 0.3 is 0 Å². The number of nitrogens with one attached hydrogen (secondary N) is 1. The van der Waals surface area contributed by atoms with Crippen molar-refractivity contribution >= 4 is 23.9 Å². The maximum atomic E-state index is 11.9. The lowest BCUT2D eigenvalue weighted by Gasteiger charge is -2.08. The standard InChI is InChI=1S/C16H16N2O2S/c1-12(21-15-8-3-2-4-9-15)16(20)18-17-11-13-6-5-7-14(19)10-13/h2-12,19H,1H3,(H,18,20)/b17-11-/t12-/m1/s1. The van der Waals surface area contributed by atoms with Gasteiger partial charge < -0.3 is 5.11 Å². The molecular formula is C16H16N2O2S. The van der Waals surface area contributed by atoms with Crippen LogP contribution in [0.1, 0.15) is 12.5 Å². The molecule has 0 radical (unpaired) electrons. The fourth-order valence-electron chi connectivity index (χ4n) is 1.62. The fraction of sp³-hybridized carbons (Fsp3) is 0.125. The monoisotopic (exact) mass is 300 g/mol. The third-order valence-electron chi connectivity index (χ3n) is 2.68. The molecule has 1 amide bonds. The molecule has 4 nitrogen and oxygen atoms in total. The van der Waals surface area contributed by atoms with E-state index in [0.717, 1.165) is 10.5 Å². The average Bonchev–Trinajstić information content (AvgIpc) is 2.48. The van der Waals surface area contributed by atoms with Gasteiger partial charge in [0.2, 0.25) is 0 Å². The molecule has 0 fully saturated rings. The van der Waals surface area contributed by atoms with E-state index in [0.29, 0.717) is 0 Å². The molecule has 0 aliphatic rings. The quantitative estimate of drug-likeness (QED) is 0.507. The van der Waals surface area contributed by atoms with Gasteiger partial charge in [-0.05, 0) is 36.8 Å². The van der Waals surface area contributed by atoms with Crippen LogP contribution in [0.3, 0.4) is 0 Å². The highest BCUT2D eigenvalue weighted by Crippen LogP contribution is 2.22. The molecular weight excluding hydrogens is 284 g/mol. The number of phenols is 1. The van der Waals surface area contributed by atoms with Crippen molar-refractivity contribution in [3.05, 3.63) is 60.2 Å². The molecule has 0 saturated heterocycles. The van der Waals surface area contributed by atoms with E-state index < -0.39 is 0 Å². The normalized spacial score (nSPS) is 12.2. The van der Waals surface area contributed by atoms with E-state index in [9.17, 15) is 9.90 Å². The summed E-state index contributed by atoms with van der Waals surface area (Å²) in [6, 6.07) is 16.4. The maximum absolute atomic E-state index is 11.9. The van der Waals surface area contributed by atoms with Gasteiger partial charge in [-0.3, -0.25) is 4.79 Å². The van der Waals surface area contributed by atoms with Crippen LogP contribution in [0, 0.1) is 0 Å². The Bertz CT molecular complexity index is 629. The zero-order chi connectivity index (χ0) is 15.1. The van der Waals surface area contributed by atoms with E-state index in [1.165, 1.54) is 18.0 Å². The van der Waals surface area contributed by atoms with Gasteiger partial charge in [0.05, 0.1) is 11.5 Å². The summed E-state index contributed by atoms with van der Waals surface area (Å²) in [5.74, 6) is -0.00136. The highest BCUT2D eigenvalue weighted by Gasteiger charge is 2.13. The molecule has 0 aliphatic heterocycles. The van der Waals surface area contributed by atoms with Crippen molar-refractivity contribution in [2.75, 3.05) is 0 Å². The van der Waals surface area contributed by atoms with Crippen LogP contribution in [-0.2, 0) is 4.79 Å². The number of nitrogens with zero attached hydrogens (tertiary/aromatic N) is 1. The largest absolute Gasteiger partial charge is 0.508 e. The SMILES string of the molecule is C[C@@H](Sc1ccccc1)C(=O)N/N=C\c1cccc(O)c1. The Morgan fingerprint density at radius 2 is 2.00 bits per heavy atom. The van der Waals surface area contributed by atoms with Gasteiger partial charge in [-0.1, -0.05) is 30.3 Å². The van der Waals surface area contributed by atoms with E-state index in [1.54, 1.807) is 24.3 Å². The highest BCUT2D eigenvalue weighted by atomic mass is 32.2. The maximum Gasteiger partial charge on any atom is 0.253 e. The van der Waals surface area contributed by atoms with Crippen LogP contribution >= 0.6 is 11.8 Å². The number of aromatic hydroxyl groups is 1. The Morgan fingerprint density at radius 1 is 1.24 bits per heavy atom. The molecule has 0 aromatic heterocycles. The number of hydrogen-bond donors (Lipinski definition) is 2. The summed E-state index contributed by atoms with van der Waals surface area (Å²) in [6.45, 7) is 1.83. The smallest absolute Gasteiger partial charge is 0.253 e. The summed E-state index contributed by atoms with van der Waals surface area (Å²) in [5, 5.41) is 13.0. The minimum absolute atomic E-state index is 0.165. The van der Waals surface area contributed by atoms with Gasteiger partial charge in [0.25, 0.3) is 5.91 Å². The molecule has 0 aliphatic carbocycles. The second kappa shape index (κ2) is 7.50. The molecule has 2 N–H and O–H groups in total. The zero-order valence-electron chi connectivity index (χ0n) is 11.6. The van der Waals surface area contributed by atoms with Gasteiger partial charge in [-0.15, -0.1) is 11.8 Å². The molecule has 0 bridgehead atoms. The molecule has 0 heterocycles. The first-order chi connectivity index (χ1) is 10.1. The summed E-state index contributed by atoms with van der Waals surface area (Å²) < 4.78 is 0. The number of rotatable bonds is 5. The summed E-state index contributed by atoms with van der Waals surface area (Å²) >= 11 is 1.47. The van der Waals surface area contributed by atoms with Crippen LogP contribution < -0.4 is 5.43 Å². The number of amides is 1. The van der Waals surface area contributed by atoms with E-state index >= 15 is 0 Å². The predicted octanol–water partition coefficient (Wildman–Crippen LogP) is 3.02. The van der Waals surface area contributed by atoms with Crippen LogP contribution in [-0.4, -0.2) is 22.5 Å². The van der Waals surface area contributed by atoms with Gasteiger partial charge in [-0.2, -0.15) is 5.10 Å². The molecule has 108 valence electrons. The van der Waals surface area contributed by atoms with E-state index in [2.05, 4.69) is 10.5 Å². The molecule has 2 rings (SSSR count). The number of carbonyl (C=O) groups is 1. The first kappa shape index (κ1) is 15.1. The van der Waals surface area contributed by atoms with Crippen LogP contribution in [0.2, 0.25) is 0 Å². The van der Waals surface area contributed by atoms with Crippen molar-refractivity contribution in [2.45, 2.75) is 17.1 Å². The summed E-state index contributed by atoms with van der Waals surface area (Å²) in [6.07, 6.45) is 1.50. The predicted molar refractivity (Wildman–Crippen MR) is 85.6 cm³/mol. The summed E-state index contributed by atoms with van der Waals surface area (Å²) in [7, 11) is 0. The lowest BCUT2D eigenvalue weighted by atomic mass is 10.2. The summed E-state index contributed by atoms with van der Waals surface area (Å²) in [5.41, 5.74) is 3.22. The molecule has 0 spiro atoms. The van der Waals surface area contributed by atoms with Gasteiger partial charge in [0, 0.05) is 4.90 Å². The van der Waals surface area contributed by atoms with E-state index in [4.69, 9.17) is 0 Å². The topological polar surface area (TPSA) is 61.7 Å². The van der Waals surface area contributed by atoms with Gasteiger partial charge in [0.15, 0.2) is 0 Å². The molecule has 0 unspecified atom stereocenters. The van der Waals surface area contributed by atoms with Crippen molar-refractivity contribution in [1.29, 1.82) is 0 Å².